The Morgan fingerprint density at radius 2 is 2.50 bits per heavy atom. The lowest BCUT2D eigenvalue weighted by Crippen LogP contribution is -2.07. The predicted molar refractivity (Wildman–Crippen MR) is 43.8 cm³/mol. The molecule has 0 aliphatic rings. The van der Waals surface area contributed by atoms with Crippen LogP contribution in [-0.4, -0.2) is 10.1 Å². The minimum Gasteiger partial charge on any atom is -0.494 e. The number of rotatable bonds is 2. The van der Waals surface area contributed by atoms with Crippen molar-refractivity contribution < 1.29 is 5.11 Å². The Morgan fingerprint density at radius 1 is 1.83 bits per heavy atom. The van der Waals surface area contributed by atoms with Gasteiger partial charge in [0.25, 0.3) is 0 Å². The summed E-state index contributed by atoms with van der Waals surface area (Å²) in [7, 11) is 0. The van der Waals surface area contributed by atoms with Crippen molar-refractivity contribution in [1.82, 2.24) is 4.98 Å². The topological polar surface area (TPSA) is 103 Å². The van der Waals surface area contributed by atoms with E-state index in [-0.39, 0.29) is 17.2 Å². The minimum atomic E-state index is -0.584. The highest BCUT2D eigenvalue weighted by molar-refractivity contribution is 7.09. The second-order valence-electron chi connectivity index (χ2n) is 2.20. The van der Waals surface area contributed by atoms with E-state index in [1.807, 2.05) is 6.07 Å². The first-order valence-electron chi connectivity index (χ1n) is 3.19. The maximum absolute atomic E-state index is 10.7. The number of hydrogen-bond donors (Lipinski definition) is 3. The fourth-order valence-corrected chi connectivity index (χ4v) is 1.50. The summed E-state index contributed by atoms with van der Waals surface area (Å²) in [6.45, 7) is 0. The molecule has 64 valence electrons. The molecule has 12 heavy (non-hydrogen) atoms. The van der Waals surface area contributed by atoms with Gasteiger partial charge in [0.1, 0.15) is 0 Å². The number of nitrogens with one attached hydrogen (secondary N) is 1. The van der Waals surface area contributed by atoms with Crippen LogP contribution in [0.1, 0.15) is 17.3 Å². The number of nitriles is 1. The van der Waals surface area contributed by atoms with Crippen LogP contribution in [0.5, 0.6) is 5.88 Å². The summed E-state index contributed by atoms with van der Waals surface area (Å²) < 4.78 is 0. The van der Waals surface area contributed by atoms with Gasteiger partial charge in [0, 0.05) is 0 Å². The van der Waals surface area contributed by atoms with Crippen LogP contribution in [0.2, 0.25) is 0 Å². The normalized spacial score (nSPS) is 12.3. The number of nitrogens with two attached hydrogens (primary N) is 1. The number of H-pyrrole nitrogens is 1. The molecule has 1 heterocycles. The lowest BCUT2D eigenvalue weighted by atomic mass is 10.2. The van der Waals surface area contributed by atoms with E-state index in [1.54, 1.807) is 0 Å². The van der Waals surface area contributed by atoms with Crippen LogP contribution in [0.25, 0.3) is 0 Å². The van der Waals surface area contributed by atoms with Crippen LogP contribution < -0.4 is 10.6 Å². The van der Waals surface area contributed by atoms with Crippen LogP contribution in [-0.2, 0) is 0 Å². The molecule has 0 aromatic carbocycles. The second-order valence-corrected chi connectivity index (χ2v) is 3.21. The summed E-state index contributed by atoms with van der Waals surface area (Å²) in [5.41, 5.74) is 5.49. The van der Waals surface area contributed by atoms with Crippen molar-refractivity contribution in [3.8, 4) is 11.9 Å². The van der Waals surface area contributed by atoms with Gasteiger partial charge in [-0.25, -0.2) is 0 Å². The molecule has 5 nitrogen and oxygen atoms in total. The molecule has 1 aromatic heterocycles. The molecule has 0 amide bonds. The Kier molecular flexibility index (Phi) is 2.47. The van der Waals surface area contributed by atoms with Gasteiger partial charge in [-0.1, -0.05) is 11.3 Å². The van der Waals surface area contributed by atoms with E-state index in [9.17, 15) is 4.79 Å². The Labute approximate surface area is 72.1 Å². The number of aromatic amines is 1. The Hall–Kier alpha value is -1.32. The summed E-state index contributed by atoms with van der Waals surface area (Å²) in [6.07, 6.45) is 0.0847. The van der Waals surface area contributed by atoms with Crippen molar-refractivity contribution in [2.24, 2.45) is 5.73 Å². The van der Waals surface area contributed by atoms with E-state index >= 15 is 0 Å². The standard InChI is InChI=1S/C6H7N3O2S/c7-2-1-3(8)4-5(10)9-6(11)12-4/h3,10H,1,8H2,(H,9,11)/t3-/m1/s1. The van der Waals surface area contributed by atoms with Gasteiger partial charge in [-0.2, -0.15) is 5.26 Å². The molecule has 6 heteroatoms. The zero-order chi connectivity index (χ0) is 9.14. The highest BCUT2D eigenvalue weighted by Crippen LogP contribution is 2.24. The molecule has 0 unspecified atom stereocenters. The molecule has 0 saturated carbocycles. The molecule has 0 fully saturated rings. The highest BCUT2D eigenvalue weighted by Gasteiger charge is 2.14. The van der Waals surface area contributed by atoms with Gasteiger partial charge in [-0.3, -0.25) is 9.78 Å². The highest BCUT2D eigenvalue weighted by atomic mass is 32.1. The first-order valence-corrected chi connectivity index (χ1v) is 4.01. The largest absolute Gasteiger partial charge is 0.494 e. The first-order chi connectivity index (χ1) is 5.65. The van der Waals surface area contributed by atoms with E-state index < -0.39 is 6.04 Å². The van der Waals surface area contributed by atoms with E-state index in [1.165, 1.54) is 0 Å². The molecular weight excluding hydrogens is 178 g/mol. The van der Waals surface area contributed by atoms with Crippen molar-refractivity contribution in [2.45, 2.75) is 12.5 Å². The molecule has 0 saturated heterocycles. The summed E-state index contributed by atoms with van der Waals surface area (Å²) in [6, 6.07) is 1.27. The number of aromatic hydroxyl groups is 1. The smallest absolute Gasteiger partial charge is 0.307 e. The van der Waals surface area contributed by atoms with Gasteiger partial charge in [-0.05, 0) is 0 Å². The lowest BCUT2D eigenvalue weighted by molar-refractivity contribution is 0.445. The maximum Gasteiger partial charge on any atom is 0.307 e. The average molecular weight is 185 g/mol. The van der Waals surface area contributed by atoms with Gasteiger partial charge in [0.05, 0.1) is 23.4 Å². The predicted octanol–water partition coefficient (Wildman–Crippen LogP) is 0.0555. The maximum atomic E-state index is 10.7. The lowest BCUT2D eigenvalue weighted by Gasteiger charge is -2.02. The Morgan fingerprint density at radius 3 is 2.92 bits per heavy atom. The molecule has 4 N–H and O–H groups in total. The molecule has 0 spiro atoms. The van der Waals surface area contributed by atoms with E-state index in [4.69, 9.17) is 16.1 Å². The molecule has 1 rings (SSSR count). The summed E-state index contributed by atoms with van der Waals surface area (Å²) in [5.74, 6) is -0.229. The second kappa shape index (κ2) is 3.38. The Balaban J connectivity index is 2.95. The molecule has 1 atom stereocenters. The van der Waals surface area contributed by atoms with Gasteiger partial charge in [-0.15, -0.1) is 0 Å². The number of aromatic nitrogens is 1. The Bertz CT molecular complexity index is 362. The van der Waals surface area contributed by atoms with Crippen LogP contribution in [0.4, 0.5) is 0 Å². The van der Waals surface area contributed by atoms with E-state index in [0.29, 0.717) is 4.88 Å². The van der Waals surface area contributed by atoms with Gasteiger partial charge < -0.3 is 10.8 Å². The fraction of sp³-hybridized carbons (Fsp3) is 0.333. The van der Waals surface area contributed by atoms with Crippen molar-refractivity contribution >= 4 is 11.3 Å². The zero-order valence-corrected chi connectivity index (χ0v) is 6.89. The van der Waals surface area contributed by atoms with E-state index in [2.05, 4.69) is 4.98 Å². The van der Waals surface area contributed by atoms with Crippen LogP contribution in [0.15, 0.2) is 4.79 Å². The van der Waals surface area contributed by atoms with Crippen LogP contribution in [0, 0.1) is 11.3 Å². The first kappa shape index (κ1) is 8.77. The molecule has 0 aliphatic carbocycles. The molecule has 0 bridgehead atoms. The molecule has 1 aromatic rings. The molecule has 0 aliphatic heterocycles. The van der Waals surface area contributed by atoms with Gasteiger partial charge in [0.15, 0.2) is 0 Å². The summed E-state index contributed by atoms with van der Waals surface area (Å²) >= 11 is 0.825. The number of nitrogens with zero attached hydrogens (tertiary/aromatic N) is 1. The van der Waals surface area contributed by atoms with Crippen molar-refractivity contribution in [3.05, 3.63) is 14.5 Å². The number of hydrogen-bond acceptors (Lipinski definition) is 5. The van der Waals surface area contributed by atoms with Crippen molar-refractivity contribution in [3.63, 3.8) is 0 Å². The third kappa shape index (κ3) is 1.64. The van der Waals surface area contributed by atoms with Gasteiger partial charge >= 0.3 is 4.87 Å². The monoisotopic (exact) mass is 185 g/mol. The average Bonchev–Trinajstić information content (AvgIpc) is 2.30. The van der Waals surface area contributed by atoms with Crippen molar-refractivity contribution in [2.75, 3.05) is 0 Å². The molecule has 0 radical (unpaired) electrons. The summed E-state index contributed by atoms with van der Waals surface area (Å²) in [4.78, 5) is 12.8. The van der Waals surface area contributed by atoms with E-state index in [0.717, 1.165) is 11.3 Å². The van der Waals surface area contributed by atoms with Crippen molar-refractivity contribution in [1.29, 1.82) is 5.26 Å². The zero-order valence-electron chi connectivity index (χ0n) is 6.07. The fourth-order valence-electron chi connectivity index (χ4n) is 0.774. The molecular formula is C6H7N3O2S. The third-order valence-electron chi connectivity index (χ3n) is 1.30. The SMILES string of the molecule is N#CC[C@@H](N)c1sc(=O)[nH]c1O. The minimum absolute atomic E-state index is 0.0847. The number of thiazole rings is 1. The van der Waals surface area contributed by atoms with Gasteiger partial charge in [0.2, 0.25) is 5.88 Å². The van der Waals surface area contributed by atoms with Crippen LogP contribution in [0.3, 0.4) is 0 Å². The third-order valence-corrected chi connectivity index (χ3v) is 2.31. The quantitative estimate of drug-likeness (QED) is 0.605. The summed E-state index contributed by atoms with van der Waals surface area (Å²) in [5, 5.41) is 17.4. The van der Waals surface area contributed by atoms with Crippen LogP contribution >= 0.6 is 11.3 Å².